The van der Waals surface area contributed by atoms with E-state index in [1.54, 1.807) is 18.2 Å². The minimum absolute atomic E-state index is 0.283. The van der Waals surface area contributed by atoms with Gasteiger partial charge in [-0.15, -0.1) is 0 Å². The van der Waals surface area contributed by atoms with Crippen molar-refractivity contribution in [1.29, 1.82) is 0 Å². The summed E-state index contributed by atoms with van der Waals surface area (Å²) < 4.78 is 13.8. The first-order valence-electron chi connectivity index (χ1n) is 8.31. The highest BCUT2D eigenvalue weighted by atomic mass is 19.1. The molecule has 1 saturated heterocycles. The van der Waals surface area contributed by atoms with Gasteiger partial charge in [0.2, 0.25) is 5.95 Å². The first-order valence-corrected chi connectivity index (χ1v) is 8.31. The molecule has 1 fully saturated rings. The number of rotatable bonds is 4. The van der Waals surface area contributed by atoms with Crippen LogP contribution in [0.1, 0.15) is 38.3 Å². The fourth-order valence-corrected chi connectivity index (χ4v) is 3.13. The van der Waals surface area contributed by atoms with Gasteiger partial charge in [-0.1, -0.05) is 19.1 Å². The van der Waals surface area contributed by atoms with E-state index in [1.165, 1.54) is 25.3 Å². The fourth-order valence-electron chi connectivity index (χ4n) is 3.13. The van der Waals surface area contributed by atoms with Crippen molar-refractivity contribution in [2.24, 2.45) is 0 Å². The van der Waals surface area contributed by atoms with Crippen LogP contribution >= 0.6 is 0 Å². The maximum absolute atomic E-state index is 13.8. The van der Waals surface area contributed by atoms with Gasteiger partial charge in [0.1, 0.15) is 11.6 Å². The van der Waals surface area contributed by atoms with Crippen molar-refractivity contribution in [3.05, 3.63) is 41.8 Å². The quantitative estimate of drug-likeness (QED) is 0.906. The first kappa shape index (κ1) is 15.7. The second kappa shape index (κ2) is 6.94. The average molecular weight is 314 g/mol. The van der Waals surface area contributed by atoms with E-state index in [-0.39, 0.29) is 5.82 Å². The Kier molecular flexibility index (Phi) is 4.74. The lowest BCUT2D eigenvalue weighted by Gasteiger charge is -2.35. The second-order valence-electron chi connectivity index (χ2n) is 6.05. The number of aromatic nitrogens is 2. The minimum atomic E-state index is -0.283. The molecule has 1 aliphatic rings. The number of hydrogen-bond acceptors (Lipinski definition) is 4. The molecule has 1 unspecified atom stereocenters. The molecule has 4 nitrogen and oxygen atoms in total. The smallest absolute Gasteiger partial charge is 0.227 e. The summed E-state index contributed by atoms with van der Waals surface area (Å²) in [5, 5.41) is 3.07. The molecule has 0 spiro atoms. The third-order valence-electron chi connectivity index (χ3n) is 4.33. The first-order chi connectivity index (χ1) is 11.2. The van der Waals surface area contributed by atoms with Crippen molar-refractivity contribution in [2.45, 2.75) is 45.6 Å². The third-order valence-corrected chi connectivity index (χ3v) is 4.33. The van der Waals surface area contributed by atoms with Crippen molar-refractivity contribution in [1.82, 2.24) is 9.97 Å². The van der Waals surface area contributed by atoms with Gasteiger partial charge >= 0.3 is 0 Å². The Bertz CT molecular complexity index is 674. The molecule has 1 aromatic carbocycles. The number of piperidine rings is 1. The molecule has 0 bridgehead atoms. The van der Waals surface area contributed by atoms with Crippen molar-refractivity contribution in [2.75, 3.05) is 16.8 Å². The van der Waals surface area contributed by atoms with Crippen molar-refractivity contribution < 1.29 is 4.39 Å². The van der Waals surface area contributed by atoms with E-state index >= 15 is 0 Å². The molecule has 5 heteroatoms. The number of anilines is 3. The lowest BCUT2D eigenvalue weighted by molar-refractivity contribution is 0.443. The molecule has 122 valence electrons. The lowest BCUT2D eigenvalue weighted by Crippen LogP contribution is -2.40. The summed E-state index contributed by atoms with van der Waals surface area (Å²) >= 11 is 0. The fraction of sp³-hybridized carbons (Fsp3) is 0.444. The number of hydrogen-bond donors (Lipinski definition) is 1. The molecule has 1 N–H and O–H groups in total. The van der Waals surface area contributed by atoms with Crippen LogP contribution in [0.3, 0.4) is 0 Å². The number of para-hydroxylation sites is 1. The zero-order valence-corrected chi connectivity index (χ0v) is 13.7. The van der Waals surface area contributed by atoms with Gasteiger partial charge in [-0.05, 0) is 44.7 Å². The predicted octanol–water partition coefficient (Wildman–Crippen LogP) is 4.44. The molecule has 1 aromatic heterocycles. The van der Waals surface area contributed by atoms with E-state index in [0.29, 0.717) is 17.5 Å². The van der Waals surface area contributed by atoms with Crippen LogP contribution in [0.4, 0.5) is 21.8 Å². The SMILES string of the molecule is CCC1CCCCN1c1nc(C)cc(Nc2ccccc2F)n1. The summed E-state index contributed by atoms with van der Waals surface area (Å²) in [6.07, 6.45) is 4.71. The van der Waals surface area contributed by atoms with Crippen LogP contribution < -0.4 is 10.2 Å². The maximum atomic E-state index is 13.8. The van der Waals surface area contributed by atoms with Crippen LogP contribution in [0.5, 0.6) is 0 Å². The summed E-state index contributed by atoms with van der Waals surface area (Å²) in [5.74, 6) is 1.10. The highest BCUT2D eigenvalue weighted by Gasteiger charge is 2.23. The molecule has 0 radical (unpaired) electrons. The number of nitrogens with one attached hydrogen (secondary N) is 1. The average Bonchev–Trinajstić information content (AvgIpc) is 2.56. The summed E-state index contributed by atoms with van der Waals surface area (Å²) in [7, 11) is 0. The second-order valence-corrected chi connectivity index (χ2v) is 6.05. The molecule has 3 rings (SSSR count). The molecule has 0 saturated carbocycles. The Morgan fingerprint density at radius 1 is 1.26 bits per heavy atom. The van der Waals surface area contributed by atoms with E-state index < -0.39 is 0 Å². The van der Waals surface area contributed by atoms with Crippen LogP contribution in [0.15, 0.2) is 30.3 Å². The Labute approximate surface area is 136 Å². The van der Waals surface area contributed by atoms with Crippen molar-refractivity contribution in [3.8, 4) is 0 Å². The zero-order valence-electron chi connectivity index (χ0n) is 13.7. The standard InChI is InChI=1S/C18H23FN4/c1-3-14-8-6-7-11-23(14)18-20-13(2)12-17(22-18)21-16-10-5-4-9-15(16)19/h4-5,9-10,12,14H,3,6-8,11H2,1-2H3,(H,20,21,22). The Morgan fingerprint density at radius 3 is 2.87 bits per heavy atom. The molecule has 0 amide bonds. The van der Waals surface area contributed by atoms with Crippen molar-refractivity contribution >= 4 is 17.5 Å². The van der Waals surface area contributed by atoms with E-state index in [0.717, 1.165) is 24.6 Å². The van der Waals surface area contributed by atoms with E-state index in [4.69, 9.17) is 0 Å². The van der Waals surface area contributed by atoms with Crippen LogP contribution in [-0.2, 0) is 0 Å². The molecular formula is C18H23FN4. The van der Waals surface area contributed by atoms with Crippen LogP contribution in [0, 0.1) is 12.7 Å². The largest absolute Gasteiger partial charge is 0.338 e. The molecule has 23 heavy (non-hydrogen) atoms. The highest BCUT2D eigenvalue weighted by molar-refractivity contribution is 5.58. The maximum Gasteiger partial charge on any atom is 0.227 e. The van der Waals surface area contributed by atoms with Gasteiger partial charge in [-0.3, -0.25) is 0 Å². The molecule has 1 atom stereocenters. The predicted molar refractivity (Wildman–Crippen MR) is 91.7 cm³/mol. The van der Waals surface area contributed by atoms with Crippen LogP contribution in [0.25, 0.3) is 0 Å². The number of benzene rings is 1. The summed E-state index contributed by atoms with van der Waals surface area (Å²) in [5.41, 5.74) is 1.32. The van der Waals surface area contributed by atoms with Gasteiger partial charge in [-0.25, -0.2) is 9.37 Å². The molecule has 2 heterocycles. The minimum Gasteiger partial charge on any atom is -0.338 e. The monoisotopic (exact) mass is 314 g/mol. The Balaban J connectivity index is 1.88. The van der Waals surface area contributed by atoms with Crippen LogP contribution in [0.2, 0.25) is 0 Å². The van der Waals surface area contributed by atoms with Gasteiger partial charge < -0.3 is 10.2 Å². The van der Waals surface area contributed by atoms with Crippen LogP contribution in [-0.4, -0.2) is 22.6 Å². The van der Waals surface area contributed by atoms with E-state index in [2.05, 4.69) is 27.1 Å². The molecule has 0 aliphatic carbocycles. The molecular weight excluding hydrogens is 291 g/mol. The molecule has 2 aromatic rings. The van der Waals surface area contributed by atoms with Gasteiger partial charge in [-0.2, -0.15) is 4.98 Å². The normalized spacial score (nSPS) is 18.0. The number of halogens is 1. The van der Waals surface area contributed by atoms with Gasteiger partial charge in [0, 0.05) is 24.3 Å². The third kappa shape index (κ3) is 3.60. The molecule has 1 aliphatic heterocycles. The summed E-state index contributed by atoms with van der Waals surface area (Å²) in [4.78, 5) is 11.5. The van der Waals surface area contributed by atoms with E-state index in [9.17, 15) is 4.39 Å². The number of aryl methyl sites for hydroxylation is 1. The van der Waals surface area contributed by atoms with Gasteiger partial charge in [0.05, 0.1) is 5.69 Å². The zero-order chi connectivity index (χ0) is 16.2. The summed E-state index contributed by atoms with van der Waals surface area (Å²) in [6, 6.07) is 8.97. The number of nitrogens with zero attached hydrogens (tertiary/aromatic N) is 3. The van der Waals surface area contributed by atoms with Gasteiger partial charge in [0.25, 0.3) is 0 Å². The van der Waals surface area contributed by atoms with E-state index in [1.807, 2.05) is 13.0 Å². The Hall–Kier alpha value is -2.17. The summed E-state index contributed by atoms with van der Waals surface area (Å²) in [6.45, 7) is 5.14. The Morgan fingerprint density at radius 2 is 2.09 bits per heavy atom. The van der Waals surface area contributed by atoms with Crippen molar-refractivity contribution in [3.63, 3.8) is 0 Å². The lowest BCUT2D eigenvalue weighted by atomic mass is 10.0. The topological polar surface area (TPSA) is 41.1 Å². The van der Waals surface area contributed by atoms with Gasteiger partial charge in [0.15, 0.2) is 0 Å². The highest BCUT2D eigenvalue weighted by Crippen LogP contribution is 2.26.